The van der Waals surface area contributed by atoms with Crippen LogP contribution in [0.25, 0.3) is 5.69 Å². The van der Waals surface area contributed by atoms with Crippen molar-refractivity contribution >= 4 is 28.1 Å². The van der Waals surface area contributed by atoms with Crippen molar-refractivity contribution in [2.24, 2.45) is 0 Å². The van der Waals surface area contributed by atoms with Gasteiger partial charge in [-0.05, 0) is 6.07 Å². The van der Waals surface area contributed by atoms with E-state index in [1.165, 1.54) is 35.3 Å². The normalized spacial score (nSPS) is 12.3. The van der Waals surface area contributed by atoms with Gasteiger partial charge in [-0.3, -0.25) is 18.9 Å². The van der Waals surface area contributed by atoms with E-state index in [2.05, 4.69) is 10.2 Å². The van der Waals surface area contributed by atoms with Gasteiger partial charge in [-0.15, -0.1) is 10.2 Å². The van der Waals surface area contributed by atoms with Crippen LogP contribution in [-0.4, -0.2) is 30.2 Å². The molecule has 0 saturated heterocycles. The second kappa shape index (κ2) is 4.83. The van der Waals surface area contributed by atoms with Gasteiger partial charge in [-0.25, -0.2) is 0 Å². The van der Waals surface area contributed by atoms with Crippen LogP contribution in [0.15, 0.2) is 29.7 Å². The highest BCUT2D eigenvalue weighted by Gasteiger charge is 2.15. The van der Waals surface area contributed by atoms with Gasteiger partial charge in [0.25, 0.3) is 5.69 Å². The number of halogens is 1. The summed E-state index contributed by atoms with van der Waals surface area (Å²) in [5.74, 6) is 0. The number of nitro benzene ring substituents is 1. The number of nitro groups is 1. The zero-order valence-corrected chi connectivity index (χ0v) is 10.7. The molecule has 0 unspecified atom stereocenters. The summed E-state index contributed by atoms with van der Waals surface area (Å²) in [6, 6.07) is 3.99. The summed E-state index contributed by atoms with van der Waals surface area (Å²) >= 11 is 5.96. The SMILES string of the molecule is C[S@@](=O)c1nncn1-c1ccc([N+](=O)[O-])cc1Cl. The molecule has 0 fully saturated rings. The molecular formula is C9H7ClN4O3S. The molecule has 0 aliphatic carbocycles. The molecule has 0 spiro atoms. The molecular weight excluding hydrogens is 280 g/mol. The van der Waals surface area contributed by atoms with E-state index in [9.17, 15) is 14.3 Å². The van der Waals surface area contributed by atoms with E-state index in [0.29, 0.717) is 5.69 Å². The minimum Gasteiger partial charge on any atom is -0.273 e. The van der Waals surface area contributed by atoms with E-state index >= 15 is 0 Å². The smallest absolute Gasteiger partial charge is 0.271 e. The third kappa shape index (κ3) is 2.24. The Morgan fingerprint density at radius 3 is 2.78 bits per heavy atom. The van der Waals surface area contributed by atoms with Crippen LogP contribution >= 0.6 is 11.6 Å². The van der Waals surface area contributed by atoms with Gasteiger partial charge in [0.2, 0.25) is 5.16 Å². The molecule has 1 atom stereocenters. The molecule has 7 nitrogen and oxygen atoms in total. The van der Waals surface area contributed by atoms with Crippen molar-refractivity contribution < 1.29 is 9.13 Å². The van der Waals surface area contributed by atoms with E-state index in [-0.39, 0.29) is 15.9 Å². The first-order chi connectivity index (χ1) is 8.50. The zero-order valence-electron chi connectivity index (χ0n) is 9.11. The molecule has 0 N–H and O–H groups in total. The van der Waals surface area contributed by atoms with Crippen molar-refractivity contribution in [1.82, 2.24) is 14.8 Å². The molecule has 1 aromatic heterocycles. The first kappa shape index (κ1) is 12.7. The number of hydrogen-bond acceptors (Lipinski definition) is 5. The van der Waals surface area contributed by atoms with E-state index in [4.69, 9.17) is 11.6 Å². The Bertz CT molecular complexity index is 642. The van der Waals surface area contributed by atoms with Crippen LogP contribution in [0.2, 0.25) is 5.02 Å². The van der Waals surface area contributed by atoms with Crippen molar-refractivity contribution in [2.75, 3.05) is 6.26 Å². The van der Waals surface area contributed by atoms with E-state index in [1.54, 1.807) is 0 Å². The fraction of sp³-hybridized carbons (Fsp3) is 0.111. The van der Waals surface area contributed by atoms with Gasteiger partial charge in [0.05, 0.1) is 26.4 Å². The summed E-state index contributed by atoms with van der Waals surface area (Å²) in [5.41, 5.74) is 0.327. The highest BCUT2D eigenvalue weighted by Crippen LogP contribution is 2.26. The standard InChI is InChI=1S/C9H7ClN4O3S/c1-18(17)9-12-11-5-13(9)8-3-2-6(14(15)16)4-7(8)10/h2-5H,1H3/t18-/m1/s1. The molecule has 0 radical (unpaired) electrons. The van der Waals surface area contributed by atoms with Crippen LogP contribution < -0.4 is 0 Å². The van der Waals surface area contributed by atoms with Gasteiger partial charge in [0, 0.05) is 18.4 Å². The molecule has 0 bridgehead atoms. The predicted octanol–water partition coefficient (Wildman–Crippen LogP) is 1.57. The fourth-order valence-corrected chi connectivity index (χ4v) is 2.24. The Labute approximate surface area is 109 Å². The average Bonchev–Trinajstić information content (AvgIpc) is 2.77. The van der Waals surface area contributed by atoms with Crippen molar-refractivity contribution in [2.45, 2.75) is 5.16 Å². The third-order valence-corrected chi connectivity index (χ3v) is 3.27. The van der Waals surface area contributed by atoms with Crippen molar-refractivity contribution in [3.63, 3.8) is 0 Å². The van der Waals surface area contributed by atoms with Crippen LogP contribution in [0.1, 0.15) is 0 Å². The monoisotopic (exact) mass is 286 g/mol. The van der Waals surface area contributed by atoms with E-state index < -0.39 is 15.7 Å². The number of hydrogen-bond donors (Lipinski definition) is 0. The van der Waals surface area contributed by atoms with Crippen LogP contribution in [0.4, 0.5) is 5.69 Å². The van der Waals surface area contributed by atoms with E-state index in [1.807, 2.05) is 0 Å². The van der Waals surface area contributed by atoms with Crippen molar-refractivity contribution in [3.05, 3.63) is 39.7 Å². The van der Waals surface area contributed by atoms with Crippen molar-refractivity contribution in [1.29, 1.82) is 0 Å². The van der Waals surface area contributed by atoms with Crippen LogP contribution in [0.5, 0.6) is 0 Å². The van der Waals surface area contributed by atoms with Crippen LogP contribution in [-0.2, 0) is 10.8 Å². The summed E-state index contributed by atoms with van der Waals surface area (Å²) < 4.78 is 12.9. The first-order valence-corrected chi connectivity index (χ1v) is 6.62. The molecule has 0 aliphatic heterocycles. The molecule has 1 aromatic carbocycles. The molecule has 2 aromatic rings. The number of aromatic nitrogens is 3. The Hall–Kier alpha value is -1.80. The Balaban J connectivity index is 2.55. The number of nitrogens with zero attached hydrogens (tertiary/aromatic N) is 4. The van der Waals surface area contributed by atoms with Gasteiger partial charge in [-0.1, -0.05) is 11.6 Å². The zero-order chi connectivity index (χ0) is 13.3. The molecule has 94 valence electrons. The minimum absolute atomic E-state index is 0.115. The maximum Gasteiger partial charge on any atom is 0.271 e. The van der Waals surface area contributed by atoms with Crippen LogP contribution in [0.3, 0.4) is 0 Å². The molecule has 9 heteroatoms. The number of rotatable bonds is 3. The molecule has 0 aliphatic rings. The minimum atomic E-state index is -1.34. The van der Waals surface area contributed by atoms with Crippen molar-refractivity contribution in [3.8, 4) is 5.69 Å². The topological polar surface area (TPSA) is 90.9 Å². The van der Waals surface area contributed by atoms with Gasteiger partial charge in [0.1, 0.15) is 6.33 Å². The van der Waals surface area contributed by atoms with Gasteiger partial charge >= 0.3 is 0 Å². The Morgan fingerprint density at radius 2 is 2.22 bits per heavy atom. The maximum atomic E-state index is 11.4. The summed E-state index contributed by atoms with van der Waals surface area (Å²) in [6.45, 7) is 0. The first-order valence-electron chi connectivity index (χ1n) is 4.68. The second-order valence-electron chi connectivity index (χ2n) is 3.33. The molecule has 2 rings (SSSR count). The summed E-state index contributed by atoms with van der Waals surface area (Å²) in [4.78, 5) is 10.1. The summed E-state index contributed by atoms with van der Waals surface area (Å²) in [5, 5.41) is 18.3. The lowest BCUT2D eigenvalue weighted by Crippen LogP contribution is -2.02. The lowest BCUT2D eigenvalue weighted by molar-refractivity contribution is -0.384. The van der Waals surface area contributed by atoms with E-state index in [0.717, 1.165) is 0 Å². The molecule has 0 amide bonds. The predicted molar refractivity (Wildman–Crippen MR) is 65.4 cm³/mol. The summed E-state index contributed by atoms with van der Waals surface area (Å²) in [7, 11) is -1.34. The lowest BCUT2D eigenvalue weighted by atomic mass is 10.3. The summed E-state index contributed by atoms with van der Waals surface area (Å²) in [6.07, 6.45) is 2.81. The highest BCUT2D eigenvalue weighted by atomic mass is 35.5. The molecule has 18 heavy (non-hydrogen) atoms. The maximum absolute atomic E-state index is 11.4. The number of benzene rings is 1. The van der Waals surface area contributed by atoms with Gasteiger partial charge < -0.3 is 0 Å². The second-order valence-corrected chi connectivity index (χ2v) is 5.01. The highest BCUT2D eigenvalue weighted by molar-refractivity contribution is 7.84. The van der Waals surface area contributed by atoms with Gasteiger partial charge in [0.15, 0.2) is 0 Å². The fourth-order valence-electron chi connectivity index (χ4n) is 1.39. The molecule has 0 saturated carbocycles. The van der Waals surface area contributed by atoms with Crippen LogP contribution in [0, 0.1) is 10.1 Å². The average molecular weight is 287 g/mol. The lowest BCUT2D eigenvalue weighted by Gasteiger charge is -2.06. The number of non-ortho nitro benzene ring substituents is 1. The quantitative estimate of drug-likeness (QED) is 0.631. The largest absolute Gasteiger partial charge is 0.273 e. The Kier molecular flexibility index (Phi) is 3.39. The molecule has 1 heterocycles. The third-order valence-electron chi connectivity index (χ3n) is 2.18. The Morgan fingerprint density at radius 1 is 1.50 bits per heavy atom. The van der Waals surface area contributed by atoms with Gasteiger partial charge in [-0.2, -0.15) is 0 Å².